The van der Waals surface area contributed by atoms with Gasteiger partial charge in [-0.15, -0.1) is 0 Å². The van der Waals surface area contributed by atoms with Gasteiger partial charge in [-0.1, -0.05) is 0 Å². The van der Waals surface area contributed by atoms with Crippen molar-refractivity contribution in [2.45, 2.75) is 0 Å². The smallest absolute Gasteiger partial charge is 0.141 e. The van der Waals surface area contributed by atoms with Crippen LogP contribution in [0.5, 0.6) is 23.0 Å². The van der Waals surface area contributed by atoms with Crippen LogP contribution in [-0.2, 0) is 0 Å². The minimum absolute atomic E-state index is 0.0231. The largest absolute Gasteiger partial charge is 0.506 e. The maximum atomic E-state index is 10.9. The zero-order valence-corrected chi connectivity index (χ0v) is 15.9. The van der Waals surface area contributed by atoms with E-state index in [-0.39, 0.29) is 65.3 Å². The van der Waals surface area contributed by atoms with Gasteiger partial charge in [0.1, 0.15) is 47.3 Å². The predicted octanol–water partition coefficient (Wildman–Crippen LogP) is 4.05. The van der Waals surface area contributed by atoms with Gasteiger partial charge in [0.25, 0.3) is 0 Å². The summed E-state index contributed by atoms with van der Waals surface area (Å²) in [6, 6.07) is 12.7. The summed E-state index contributed by atoms with van der Waals surface area (Å²) in [5, 5.41) is 82.5. The van der Waals surface area contributed by atoms with Gasteiger partial charge < -0.3 is 20.4 Å². The van der Waals surface area contributed by atoms with Gasteiger partial charge in [0.2, 0.25) is 0 Å². The van der Waals surface area contributed by atoms with E-state index in [0.717, 1.165) is 0 Å². The molecule has 0 saturated heterocycles. The molecule has 0 amide bonds. The molecule has 8 heteroatoms. The fraction of sp³-hybridized carbons (Fsp3) is 0. The quantitative estimate of drug-likeness (QED) is 0.216. The van der Waals surface area contributed by atoms with E-state index in [1.165, 1.54) is 24.3 Å². The van der Waals surface area contributed by atoms with Gasteiger partial charge >= 0.3 is 0 Å². The van der Waals surface area contributed by atoms with Crippen molar-refractivity contribution in [3.05, 3.63) is 46.5 Å². The Balaban J connectivity index is 2.37. The molecule has 5 rings (SSSR count). The molecule has 0 aliphatic carbocycles. The molecule has 4 N–H and O–H groups in total. The van der Waals surface area contributed by atoms with Gasteiger partial charge in [0.05, 0.1) is 22.3 Å². The molecule has 8 nitrogen and oxygen atoms in total. The van der Waals surface area contributed by atoms with Crippen molar-refractivity contribution >= 4 is 43.1 Å². The van der Waals surface area contributed by atoms with Crippen molar-refractivity contribution in [3.8, 4) is 47.3 Å². The van der Waals surface area contributed by atoms with Crippen LogP contribution in [0.2, 0.25) is 0 Å². The molecular weight excluding hydrogens is 408 g/mol. The molecule has 0 aliphatic rings. The van der Waals surface area contributed by atoms with Crippen LogP contribution in [0.15, 0.2) is 24.3 Å². The summed E-state index contributed by atoms with van der Waals surface area (Å²) < 4.78 is 0. The number of rotatable bonds is 0. The SMILES string of the molecule is N#Cc1cc2cc(C#N)c(O)c3c4c(O)c(C#N)cc5cc(C#N)c(O)c(c(c1O)c23)c54. The molecule has 0 aromatic heterocycles. The van der Waals surface area contributed by atoms with E-state index >= 15 is 0 Å². The van der Waals surface area contributed by atoms with Gasteiger partial charge in [-0.2, -0.15) is 21.0 Å². The first-order valence-electron chi connectivity index (χ1n) is 9.10. The Labute approximate surface area is 178 Å². The first-order chi connectivity index (χ1) is 15.4. The third-order valence-electron chi connectivity index (χ3n) is 5.73. The molecular formula is C24H8N4O4. The highest BCUT2D eigenvalue weighted by Crippen LogP contribution is 2.53. The van der Waals surface area contributed by atoms with Crippen LogP contribution in [0.25, 0.3) is 43.1 Å². The van der Waals surface area contributed by atoms with Crippen molar-refractivity contribution in [2.75, 3.05) is 0 Å². The van der Waals surface area contributed by atoms with Gasteiger partial charge in [-0.25, -0.2) is 0 Å². The highest BCUT2D eigenvalue weighted by molar-refractivity contribution is 6.38. The average Bonchev–Trinajstić information content (AvgIpc) is 2.80. The summed E-state index contributed by atoms with van der Waals surface area (Å²) in [6.45, 7) is 0. The van der Waals surface area contributed by atoms with Crippen LogP contribution in [-0.4, -0.2) is 20.4 Å². The Morgan fingerprint density at radius 1 is 0.406 bits per heavy atom. The van der Waals surface area contributed by atoms with Crippen molar-refractivity contribution in [1.82, 2.24) is 0 Å². The molecule has 148 valence electrons. The van der Waals surface area contributed by atoms with Crippen LogP contribution in [0.1, 0.15) is 22.3 Å². The number of phenols is 4. The minimum atomic E-state index is -0.494. The summed E-state index contributed by atoms with van der Waals surface area (Å²) in [7, 11) is 0. The second-order valence-corrected chi connectivity index (χ2v) is 7.23. The van der Waals surface area contributed by atoms with Crippen LogP contribution in [0.3, 0.4) is 0 Å². The molecule has 5 aromatic rings. The fourth-order valence-corrected chi connectivity index (χ4v) is 4.42. The Hall–Kier alpha value is -5.44. The maximum absolute atomic E-state index is 10.9. The van der Waals surface area contributed by atoms with E-state index in [1.54, 1.807) is 0 Å². The molecule has 0 saturated carbocycles. The number of aromatic hydroxyl groups is 4. The molecule has 0 spiro atoms. The Morgan fingerprint density at radius 3 is 0.812 bits per heavy atom. The number of benzene rings is 5. The first-order valence-corrected chi connectivity index (χ1v) is 9.10. The third-order valence-corrected chi connectivity index (χ3v) is 5.73. The Kier molecular flexibility index (Phi) is 3.50. The van der Waals surface area contributed by atoms with Crippen molar-refractivity contribution in [1.29, 1.82) is 21.0 Å². The van der Waals surface area contributed by atoms with Crippen LogP contribution in [0.4, 0.5) is 0 Å². The standard InChI is InChI=1S/C24H8N4O4/c25-5-11-1-9-2-12(6-26)22(30)18-15(9)17(21(11)29)19-16-10(3-13(7-27)23(19)31)4-14(8-28)24(32)20(16)18/h1-4,29-32H. The summed E-state index contributed by atoms with van der Waals surface area (Å²) in [4.78, 5) is 0. The molecule has 0 radical (unpaired) electrons. The molecule has 0 atom stereocenters. The van der Waals surface area contributed by atoms with E-state index < -0.39 is 23.0 Å². The topological polar surface area (TPSA) is 176 Å². The molecule has 0 aliphatic heterocycles. The summed E-state index contributed by atoms with van der Waals surface area (Å²) in [5.74, 6) is -1.98. The number of hydrogen-bond donors (Lipinski definition) is 4. The van der Waals surface area contributed by atoms with Gasteiger partial charge in [0.15, 0.2) is 0 Å². The average molecular weight is 416 g/mol. The molecule has 5 aromatic carbocycles. The lowest BCUT2D eigenvalue weighted by molar-refractivity contribution is 0.473. The van der Waals surface area contributed by atoms with Crippen LogP contribution >= 0.6 is 0 Å². The summed E-state index contributed by atoms with van der Waals surface area (Å²) in [6.07, 6.45) is 0. The highest BCUT2D eigenvalue weighted by Gasteiger charge is 2.27. The Morgan fingerprint density at radius 2 is 0.625 bits per heavy atom. The Bertz CT molecular complexity index is 1600. The van der Waals surface area contributed by atoms with Crippen LogP contribution in [0, 0.1) is 45.3 Å². The molecule has 0 bridgehead atoms. The van der Waals surface area contributed by atoms with Gasteiger partial charge in [-0.05, 0) is 35.0 Å². The number of phenolic OH excluding ortho intramolecular Hbond substituents is 4. The maximum Gasteiger partial charge on any atom is 0.141 e. The van der Waals surface area contributed by atoms with E-state index in [2.05, 4.69) is 0 Å². The van der Waals surface area contributed by atoms with E-state index in [4.69, 9.17) is 0 Å². The summed E-state index contributed by atoms with van der Waals surface area (Å²) >= 11 is 0. The van der Waals surface area contributed by atoms with E-state index in [9.17, 15) is 41.5 Å². The lowest BCUT2D eigenvalue weighted by atomic mass is 9.84. The third kappa shape index (κ3) is 2.00. The lowest BCUT2D eigenvalue weighted by Gasteiger charge is -2.19. The van der Waals surface area contributed by atoms with E-state index in [1.807, 2.05) is 24.3 Å². The lowest BCUT2D eigenvalue weighted by Crippen LogP contribution is -1.95. The van der Waals surface area contributed by atoms with E-state index in [0.29, 0.717) is 0 Å². The molecule has 0 unspecified atom stereocenters. The van der Waals surface area contributed by atoms with Crippen molar-refractivity contribution in [2.24, 2.45) is 0 Å². The monoisotopic (exact) mass is 416 g/mol. The van der Waals surface area contributed by atoms with Crippen molar-refractivity contribution in [3.63, 3.8) is 0 Å². The second kappa shape index (κ2) is 6.03. The predicted molar refractivity (Wildman–Crippen MR) is 113 cm³/mol. The highest BCUT2D eigenvalue weighted by atomic mass is 16.3. The first kappa shape index (κ1) is 18.6. The van der Waals surface area contributed by atoms with Crippen molar-refractivity contribution < 1.29 is 20.4 Å². The number of nitrogens with zero attached hydrogens (tertiary/aromatic N) is 4. The molecule has 0 fully saturated rings. The van der Waals surface area contributed by atoms with Gasteiger partial charge in [0, 0.05) is 32.3 Å². The minimum Gasteiger partial charge on any atom is -0.506 e. The molecule has 0 heterocycles. The second-order valence-electron chi connectivity index (χ2n) is 7.23. The number of hydrogen-bond acceptors (Lipinski definition) is 8. The molecule has 32 heavy (non-hydrogen) atoms. The van der Waals surface area contributed by atoms with Crippen LogP contribution < -0.4 is 0 Å². The summed E-state index contributed by atoms with van der Waals surface area (Å²) in [5.41, 5.74) is -0.595. The number of fused-ring (bicyclic) bond motifs is 2. The zero-order valence-electron chi connectivity index (χ0n) is 15.9. The normalized spacial score (nSPS) is 10.9. The number of nitriles is 4. The zero-order chi connectivity index (χ0) is 22.9. The van der Waals surface area contributed by atoms with Gasteiger partial charge in [-0.3, -0.25) is 0 Å². The fourth-order valence-electron chi connectivity index (χ4n) is 4.42.